The molecule has 0 aliphatic carbocycles. The van der Waals surface area contributed by atoms with Gasteiger partial charge in [-0.25, -0.2) is 8.42 Å². The molecule has 0 bridgehead atoms. The maximum absolute atomic E-state index is 12.9. The van der Waals surface area contributed by atoms with Gasteiger partial charge in [0.2, 0.25) is 0 Å². The number of carbonyl (C=O) groups is 3. The van der Waals surface area contributed by atoms with Crippen molar-refractivity contribution < 1.29 is 22.8 Å². The first-order valence-electron chi connectivity index (χ1n) is 8.56. The van der Waals surface area contributed by atoms with Crippen LogP contribution in [0.4, 0.5) is 0 Å². The molecule has 0 saturated heterocycles. The van der Waals surface area contributed by atoms with Crippen molar-refractivity contribution in [1.29, 1.82) is 0 Å². The van der Waals surface area contributed by atoms with Crippen molar-refractivity contribution in [2.45, 2.75) is 17.9 Å². The minimum absolute atomic E-state index is 0.211. The van der Waals surface area contributed by atoms with Crippen LogP contribution in [-0.2, 0) is 9.84 Å². The Balaban J connectivity index is 1.85. The minimum Gasteiger partial charge on any atom is -0.335 e. The maximum atomic E-state index is 12.9. The fourth-order valence-corrected chi connectivity index (χ4v) is 3.72. The van der Waals surface area contributed by atoms with E-state index >= 15 is 0 Å². The smallest absolute Gasteiger partial charge is 0.261 e. The van der Waals surface area contributed by atoms with Crippen molar-refractivity contribution in [2.24, 2.45) is 0 Å². The number of carbonyl (C=O) groups excluding carboxylic acids is 3. The quantitative estimate of drug-likeness (QED) is 0.734. The number of hydrogen-bond donors (Lipinski definition) is 0. The predicted octanol–water partition coefficient (Wildman–Crippen LogP) is 2.15. The van der Waals surface area contributed by atoms with E-state index in [2.05, 4.69) is 0 Å². The van der Waals surface area contributed by atoms with Gasteiger partial charge in [-0.2, -0.15) is 0 Å². The Morgan fingerprint density at radius 2 is 1.57 bits per heavy atom. The number of rotatable bonds is 4. The second kappa shape index (κ2) is 6.87. The van der Waals surface area contributed by atoms with Crippen LogP contribution in [0.2, 0.25) is 0 Å². The monoisotopic (exact) mass is 400 g/mol. The zero-order valence-electron chi connectivity index (χ0n) is 16.0. The van der Waals surface area contributed by atoms with Crippen molar-refractivity contribution >= 4 is 27.6 Å². The van der Waals surface area contributed by atoms with Crippen LogP contribution in [0.3, 0.4) is 0 Å². The molecule has 2 aromatic rings. The third kappa shape index (κ3) is 3.31. The summed E-state index contributed by atoms with van der Waals surface area (Å²) in [4.78, 5) is 39.7. The van der Waals surface area contributed by atoms with Gasteiger partial charge >= 0.3 is 0 Å². The van der Waals surface area contributed by atoms with Gasteiger partial charge < -0.3 is 4.90 Å². The number of fused-ring (bicyclic) bond motifs is 1. The van der Waals surface area contributed by atoms with Crippen LogP contribution in [0, 0.1) is 0 Å². The molecule has 1 atom stereocenters. The molecule has 0 radical (unpaired) electrons. The molecule has 3 amide bonds. The molecule has 0 saturated carbocycles. The van der Waals surface area contributed by atoms with E-state index < -0.39 is 15.7 Å². The normalized spacial score (nSPS) is 14.8. The molecule has 0 aromatic heterocycles. The molecule has 2 aromatic carbocycles. The molecule has 0 fully saturated rings. The molecule has 146 valence electrons. The molecular weight excluding hydrogens is 380 g/mol. The number of benzene rings is 2. The SMILES string of the molecule is C[C@H](c1ccc(S(C)(=O)=O)cc1)N(C)C(=O)c1ccc2c(c1)C(=O)N(C)C2=O. The Labute approximate surface area is 163 Å². The van der Waals surface area contributed by atoms with Crippen molar-refractivity contribution in [3.05, 3.63) is 64.7 Å². The van der Waals surface area contributed by atoms with E-state index in [1.165, 1.54) is 42.3 Å². The Hall–Kier alpha value is -3.00. The first-order valence-corrected chi connectivity index (χ1v) is 10.4. The fourth-order valence-electron chi connectivity index (χ4n) is 3.09. The highest BCUT2D eigenvalue weighted by atomic mass is 32.2. The van der Waals surface area contributed by atoms with Crippen LogP contribution in [0.15, 0.2) is 47.4 Å². The van der Waals surface area contributed by atoms with Gasteiger partial charge in [0.1, 0.15) is 0 Å². The first-order chi connectivity index (χ1) is 13.0. The van der Waals surface area contributed by atoms with E-state index in [0.29, 0.717) is 5.56 Å². The topological polar surface area (TPSA) is 91.8 Å². The highest BCUT2D eigenvalue weighted by molar-refractivity contribution is 7.90. The maximum Gasteiger partial charge on any atom is 0.261 e. The number of sulfone groups is 1. The lowest BCUT2D eigenvalue weighted by atomic mass is 10.0. The largest absolute Gasteiger partial charge is 0.335 e. The lowest BCUT2D eigenvalue weighted by Gasteiger charge is -2.25. The molecule has 0 N–H and O–H groups in total. The third-order valence-corrected chi connectivity index (χ3v) is 6.16. The van der Waals surface area contributed by atoms with Crippen LogP contribution in [0.25, 0.3) is 0 Å². The highest BCUT2D eigenvalue weighted by Gasteiger charge is 2.33. The van der Waals surface area contributed by atoms with Gasteiger partial charge in [-0.1, -0.05) is 12.1 Å². The molecule has 1 aliphatic rings. The van der Waals surface area contributed by atoms with E-state index in [1.54, 1.807) is 19.2 Å². The summed E-state index contributed by atoms with van der Waals surface area (Å²) < 4.78 is 23.2. The van der Waals surface area contributed by atoms with E-state index in [-0.39, 0.29) is 33.9 Å². The number of nitrogens with zero attached hydrogens (tertiary/aromatic N) is 2. The van der Waals surface area contributed by atoms with Crippen LogP contribution in [0.5, 0.6) is 0 Å². The van der Waals surface area contributed by atoms with Gasteiger partial charge in [-0.05, 0) is 42.8 Å². The molecule has 8 heteroatoms. The molecule has 1 heterocycles. The van der Waals surface area contributed by atoms with Crippen LogP contribution < -0.4 is 0 Å². The summed E-state index contributed by atoms with van der Waals surface area (Å²) in [5.41, 5.74) is 1.58. The van der Waals surface area contributed by atoms with Crippen LogP contribution in [-0.4, -0.2) is 56.3 Å². The fraction of sp³-hybridized carbons (Fsp3) is 0.250. The average molecular weight is 400 g/mol. The van der Waals surface area contributed by atoms with Gasteiger partial charge in [0.25, 0.3) is 17.7 Å². The molecule has 1 aliphatic heterocycles. The van der Waals surface area contributed by atoms with E-state index in [9.17, 15) is 22.8 Å². The summed E-state index contributed by atoms with van der Waals surface area (Å²) in [6.07, 6.45) is 1.14. The molecule has 7 nitrogen and oxygen atoms in total. The number of hydrogen-bond acceptors (Lipinski definition) is 5. The van der Waals surface area contributed by atoms with Crippen LogP contribution >= 0.6 is 0 Å². The summed E-state index contributed by atoms with van der Waals surface area (Å²) >= 11 is 0. The molecule has 3 rings (SSSR count). The predicted molar refractivity (Wildman–Crippen MR) is 103 cm³/mol. The summed E-state index contributed by atoms with van der Waals surface area (Å²) in [6, 6.07) is 10.5. The molecule has 0 spiro atoms. The Kier molecular flexibility index (Phi) is 4.84. The van der Waals surface area contributed by atoms with Gasteiger partial charge in [0.15, 0.2) is 9.84 Å². The van der Waals surface area contributed by atoms with Gasteiger partial charge in [-0.3, -0.25) is 19.3 Å². The Morgan fingerprint density at radius 3 is 2.14 bits per heavy atom. The number of imide groups is 1. The van der Waals surface area contributed by atoms with Gasteiger partial charge in [0.05, 0.1) is 22.1 Å². The minimum atomic E-state index is -3.29. The summed E-state index contributed by atoms with van der Waals surface area (Å²) in [7, 11) is -0.257. The Bertz CT molecular complexity index is 1090. The standard InChI is InChI=1S/C20H20N2O5S/c1-12(13-5-8-15(9-6-13)28(4,26)27)21(2)18(23)14-7-10-16-17(11-14)20(25)22(3)19(16)24/h5-12H,1-4H3/t12-/m1/s1. The molecule has 0 unspecified atom stereocenters. The van der Waals surface area contributed by atoms with Crippen molar-refractivity contribution in [1.82, 2.24) is 9.80 Å². The molecule has 28 heavy (non-hydrogen) atoms. The average Bonchev–Trinajstić information content (AvgIpc) is 2.89. The lowest BCUT2D eigenvalue weighted by Crippen LogP contribution is -2.29. The zero-order chi connectivity index (χ0) is 20.8. The van der Waals surface area contributed by atoms with Crippen molar-refractivity contribution in [3.63, 3.8) is 0 Å². The van der Waals surface area contributed by atoms with Gasteiger partial charge in [0, 0.05) is 25.9 Å². The third-order valence-electron chi connectivity index (χ3n) is 5.03. The van der Waals surface area contributed by atoms with Crippen molar-refractivity contribution in [3.8, 4) is 0 Å². The number of amides is 3. The highest BCUT2D eigenvalue weighted by Crippen LogP contribution is 2.26. The second-order valence-corrected chi connectivity index (χ2v) is 8.88. The first kappa shape index (κ1) is 19.8. The van der Waals surface area contributed by atoms with E-state index in [4.69, 9.17) is 0 Å². The molecular formula is C20H20N2O5S. The van der Waals surface area contributed by atoms with E-state index in [1.807, 2.05) is 6.92 Å². The van der Waals surface area contributed by atoms with E-state index in [0.717, 1.165) is 16.7 Å². The van der Waals surface area contributed by atoms with Gasteiger partial charge in [-0.15, -0.1) is 0 Å². The van der Waals surface area contributed by atoms with Crippen LogP contribution in [0.1, 0.15) is 49.6 Å². The lowest BCUT2D eigenvalue weighted by molar-refractivity contribution is 0.0692. The summed E-state index contributed by atoms with van der Waals surface area (Å²) in [6.45, 7) is 1.82. The van der Waals surface area contributed by atoms with Crippen molar-refractivity contribution in [2.75, 3.05) is 20.4 Å². The summed E-state index contributed by atoms with van der Waals surface area (Å²) in [5.74, 6) is -1.12. The second-order valence-electron chi connectivity index (χ2n) is 6.86. The summed E-state index contributed by atoms with van der Waals surface area (Å²) in [5, 5.41) is 0. The Morgan fingerprint density at radius 1 is 1.00 bits per heavy atom. The zero-order valence-corrected chi connectivity index (χ0v) is 16.8.